The van der Waals surface area contributed by atoms with Crippen molar-refractivity contribution < 1.29 is 4.79 Å². The van der Waals surface area contributed by atoms with Crippen LogP contribution in [0.25, 0.3) is 11.1 Å². The molecule has 7 heteroatoms. The second-order valence-electron chi connectivity index (χ2n) is 7.42. The number of anilines is 3. The van der Waals surface area contributed by atoms with Gasteiger partial charge in [-0.25, -0.2) is 0 Å². The molecule has 1 saturated heterocycles. The van der Waals surface area contributed by atoms with Gasteiger partial charge in [0.15, 0.2) is 0 Å². The molecule has 0 radical (unpaired) electrons. The molecule has 150 valence electrons. The fourth-order valence-electron chi connectivity index (χ4n) is 3.92. The minimum atomic E-state index is -0.244. The van der Waals surface area contributed by atoms with Crippen molar-refractivity contribution in [3.63, 3.8) is 0 Å². The number of rotatable bonds is 4. The highest BCUT2D eigenvalue weighted by atomic mass is 16.1. The van der Waals surface area contributed by atoms with Gasteiger partial charge in [0.2, 0.25) is 0 Å². The van der Waals surface area contributed by atoms with E-state index in [-0.39, 0.29) is 5.91 Å². The number of pyridine rings is 2. The third-order valence-electron chi connectivity index (χ3n) is 5.44. The lowest BCUT2D eigenvalue weighted by Gasteiger charge is -2.20. The Morgan fingerprint density at radius 1 is 1.00 bits per heavy atom. The van der Waals surface area contributed by atoms with Crippen LogP contribution in [0.2, 0.25) is 0 Å². The highest BCUT2D eigenvalue weighted by Gasteiger charge is 2.22. The first-order valence-corrected chi connectivity index (χ1v) is 10.1. The van der Waals surface area contributed by atoms with E-state index in [4.69, 9.17) is 0 Å². The summed E-state index contributed by atoms with van der Waals surface area (Å²) in [5, 5.41) is 6.12. The molecular weight excluding hydrogens is 376 g/mol. The summed E-state index contributed by atoms with van der Waals surface area (Å²) < 4.78 is 0. The Hall–Kier alpha value is -3.74. The van der Waals surface area contributed by atoms with E-state index in [9.17, 15) is 4.79 Å². The third kappa shape index (κ3) is 3.61. The fourth-order valence-corrected chi connectivity index (χ4v) is 3.92. The number of carbonyl (C=O) groups is 1. The Balaban J connectivity index is 1.45. The average molecular weight is 398 g/mol. The average Bonchev–Trinajstić information content (AvgIpc) is 3.34. The van der Waals surface area contributed by atoms with Gasteiger partial charge in [-0.3, -0.25) is 19.8 Å². The molecule has 1 aromatic carbocycles. The summed E-state index contributed by atoms with van der Waals surface area (Å²) in [6.07, 6.45) is 9.52. The molecule has 0 spiro atoms. The van der Waals surface area contributed by atoms with Crippen LogP contribution >= 0.6 is 0 Å². The van der Waals surface area contributed by atoms with Gasteiger partial charge in [-0.15, -0.1) is 0 Å². The minimum Gasteiger partial charge on any atom is -0.370 e. The van der Waals surface area contributed by atoms with Gasteiger partial charge in [0.25, 0.3) is 5.91 Å². The van der Waals surface area contributed by atoms with Crippen LogP contribution < -0.4 is 15.5 Å². The second kappa shape index (κ2) is 7.94. The first kappa shape index (κ1) is 18.3. The molecule has 2 aromatic heterocycles. The predicted octanol–water partition coefficient (Wildman–Crippen LogP) is 3.55. The number of nitrogens with zero attached hydrogens (tertiary/aromatic N) is 4. The molecule has 30 heavy (non-hydrogen) atoms. The molecule has 0 bridgehead atoms. The molecule has 4 heterocycles. The summed E-state index contributed by atoms with van der Waals surface area (Å²) in [6, 6.07) is 11.8. The first-order valence-electron chi connectivity index (χ1n) is 10.1. The van der Waals surface area contributed by atoms with E-state index in [1.807, 2.05) is 24.5 Å². The lowest BCUT2D eigenvalue weighted by molar-refractivity contribution is -0.110. The van der Waals surface area contributed by atoms with Crippen LogP contribution in [0.3, 0.4) is 0 Å². The largest absolute Gasteiger partial charge is 0.370 e. The number of carbonyl (C=O) groups excluding carboxylic acids is 1. The zero-order valence-corrected chi connectivity index (χ0v) is 16.5. The number of hydrogen-bond donors (Lipinski definition) is 2. The standard InChI is InChI=1S/C23H22N6O/c30-23(28-18-4-3-7-24-13-18)22-20-11-16(5-6-21(20)26-15-27-22)17-10-19(14-25-12-17)29-8-1-2-9-29/h3-7,10-14,26H,1-2,8-9,15H2,(H,28,30). The topological polar surface area (TPSA) is 82.5 Å². The van der Waals surface area contributed by atoms with E-state index in [2.05, 4.69) is 42.6 Å². The van der Waals surface area contributed by atoms with Crippen LogP contribution in [0.1, 0.15) is 18.4 Å². The molecule has 1 amide bonds. The molecule has 7 nitrogen and oxygen atoms in total. The zero-order valence-electron chi connectivity index (χ0n) is 16.5. The van der Waals surface area contributed by atoms with Crippen LogP contribution in [0.4, 0.5) is 17.1 Å². The normalized spacial score (nSPS) is 15.2. The van der Waals surface area contributed by atoms with Crippen LogP contribution in [-0.2, 0) is 4.79 Å². The summed E-state index contributed by atoms with van der Waals surface area (Å²) >= 11 is 0. The van der Waals surface area contributed by atoms with E-state index in [0.29, 0.717) is 18.1 Å². The predicted molar refractivity (Wildman–Crippen MR) is 119 cm³/mol. The fraction of sp³-hybridized carbons (Fsp3) is 0.217. The van der Waals surface area contributed by atoms with Gasteiger partial charge in [0, 0.05) is 42.3 Å². The van der Waals surface area contributed by atoms with Crippen molar-refractivity contribution in [2.45, 2.75) is 12.8 Å². The van der Waals surface area contributed by atoms with E-state index in [1.54, 1.807) is 24.5 Å². The van der Waals surface area contributed by atoms with Gasteiger partial charge >= 0.3 is 0 Å². The maximum atomic E-state index is 12.9. The molecule has 0 aliphatic carbocycles. The smallest absolute Gasteiger partial charge is 0.274 e. The summed E-state index contributed by atoms with van der Waals surface area (Å²) in [5.41, 5.74) is 5.92. The Morgan fingerprint density at radius 2 is 1.90 bits per heavy atom. The summed E-state index contributed by atoms with van der Waals surface area (Å²) in [5.74, 6) is -0.244. The molecule has 1 fully saturated rings. The number of hydrogen-bond acceptors (Lipinski definition) is 6. The number of aliphatic imine (C=N–C) groups is 1. The SMILES string of the molecule is O=C(Nc1cccnc1)C1=NCNc2ccc(-c3cncc(N4CCCC4)c3)cc21. The Morgan fingerprint density at radius 3 is 2.73 bits per heavy atom. The van der Waals surface area contributed by atoms with E-state index in [1.165, 1.54) is 12.8 Å². The number of benzene rings is 1. The van der Waals surface area contributed by atoms with Crippen molar-refractivity contribution in [3.05, 3.63) is 66.7 Å². The molecule has 3 aromatic rings. The van der Waals surface area contributed by atoms with Crippen molar-refractivity contribution in [1.29, 1.82) is 0 Å². The van der Waals surface area contributed by atoms with Gasteiger partial charge in [-0.1, -0.05) is 6.07 Å². The van der Waals surface area contributed by atoms with E-state index in [0.717, 1.165) is 41.2 Å². The molecular formula is C23H22N6O. The number of amides is 1. The first-order chi connectivity index (χ1) is 14.8. The maximum Gasteiger partial charge on any atom is 0.274 e. The monoisotopic (exact) mass is 398 g/mol. The van der Waals surface area contributed by atoms with Gasteiger partial charge in [0.1, 0.15) is 12.4 Å². The van der Waals surface area contributed by atoms with Crippen LogP contribution in [0, 0.1) is 0 Å². The molecule has 2 aliphatic heterocycles. The lowest BCUT2D eigenvalue weighted by Crippen LogP contribution is -2.28. The van der Waals surface area contributed by atoms with Crippen molar-refractivity contribution in [1.82, 2.24) is 9.97 Å². The number of nitrogens with one attached hydrogen (secondary N) is 2. The molecule has 2 aliphatic rings. The summed E-state index contributed by atoms with van der Waals surface area (Å²) in [6.45, 7) is 2.52. The highest BCUT2D eigenvalue weighted by molar-refractivity contribution is 6.50. The third-order valence-corrected chi connectivity index (χ3v) is 5.44. The Kier molecular flexibility index (Phi) is 4.85. The van der Waals surface area contributed by atoms with Crippen LogP contribution in [0.15, 0.2) is 66.2 Å². The van der Waals surface area contributed by atoms with Crippen LogP contribution in [-0.4, -0.2) is 41.3 Å². The van der Waals surface area contributed by atoms with Crippen molar-refractivity contribution in [2.24, 2.45) is 4.99 Å². The summed E-state index contributed by atoms with van der Waals surface area (Å²) in [4.78, 5) is 28.2. The molecule has 0 atom stereocenters. The van der Waals surface area contributed by atoms with Crippen LogP contribution in [0.5, 0.6) is 0 Å². The van der Waals surface area contributed by atoms with Gasteiger partial charge in [-0.2, -0.15) is 0 Å². The Labute approximate surface area is 174 Å². The quantitative estimate of drug-likeness (QED) is 0.702. The van der Waals surface area contributed by atoms with E-state index >= 15 is 0 Å². The Bertz CT molecular complexity index is 1110. The van der Waals surface area contributed by atoms with Gasteiger partial charge in [0.05, 0.1) is 23.8 Å². The van der Waals surface area contributed by atoms with Crippen molar-refractivity contribution in [2.75, 3.05) is 35.3 Å². The minimum absolute atomic E-state index is 0.244. The highest BCUT2D eigenvalue weighted by Crippen LogP contribution is 2.30. The molecule has 0 saturated carbocycles. The van der Waals surface area contributed by atoms with Crippen molar-refractivity contribution in [3.8, 4) is 11.1 Å². The number of fused-ring (bicyclic) bond motifs is 1. The van der Waals surface area contributed by atoms with E-state index < -0.39 is 0 Å². The molecule has 5 rings (SSSR count). The summed E-state index contributed by atoms with van der Waals surface area (Å²) in [7, 11) is 0. The molecule has 2 N–H and O–H groups in total. The van der Waals surface area contributed by atoms with Gasteiger partial charge < -0.3 is 15.5 Å². The maximum absolute atomic E-state index is 12.9. The zero-order chi connectivity index (χ0) is 20.3. The van der Waals surface area contributed by atoms with Gasteiger partial charge in [-0.05, 0) is 48.7 Å². The lowest BCUT2D eigenvalue weighted by atomic mass is 9.98. The molecule has 0 unspecified atom stereocenters. The van der Waals surface area contributed by atoms with Crippen molar-refractivity contribution >= 4 is 28.7 Å². The second-order valence-corrected chi connectivity index (χ2v) is 7.42. The number of aromatic nitrogens is 2.